The summed E-state index contributed by atoms with van der Waals surface area (Å²) in [5.41, 5.74) is -0.332. The maximum Gasteiger partial charge on any atom is 0.341 e. The van der Waals surface area contributed by atoms with E-state index in [1.807, 2.05) is 0 Å². The summed E-state index contributed by atoms with van der Waals surface area (Å²) in [4.78, 5) is 46.9. The van der Waals surface area contributed by atoms with Crippen LogP contribution in [0.5, 0.6) is 0 Å². The van der Waals surface area contributed by atoms with Crippen LogP contribution in [-0.4, -0.2) is 29.4 Å². The number of amides is 3. The summed E-state index contributed by atoms with van der Waals surface area (Å²) in [6, 6.07) is 10.5. The smallest absolute Gasteiger partial charge is 0.341 e. The number of esters is 1. The van der Waals surface area contributed by atoms with E-state index in [1.165, 1.54) is 18.2 Å². The average molecular weight is 406 g/mol. The largest absolute Gasteiger partial charge is 0.444 e. The van der Waals surface area contributed by atoms with Gasteiger partial charge in [0.25, 0.3) is 11.6 Å². The van der Waals surface area contributed by atoms with Crippen LogP contribution in [0.1, 0.15) is 28.9 Å². The molecule has 0 unspecified atom stereocenters. The first-order valence-electron chi connectivity index (χ1n) is 8.12. The van der Waals surface area contributed by atoms with Crippen molar-refractivity contribution in [2.24, 2.45) is 0 Å². The first-order chi connectivity index (χ1) is 13.3. The van der Waals surface area contributed by atoms with Crippen LogP contribution >= 0.6 is 11.6 Å². The first kappa shape index (κ1) is 20.8. The van der Waals surface area contributed by atoms with Gasteiger partial charge in [0.15, 0.2) is 0 Å². The molecule has 146 valence electrons. The highest BCUT2D eigenvalue weighted by Crippen LogP contribution is 2.26. The summed E-state index contributed by atoms with van der Waals surface area (Å²) in [7, 11) is 0. The number of halogens is 1. The number of ether oxygens (including phenoxy) is 1. The van der Waals surface area contributed by atoms with Crippen LogP contribution in [0.15, 0.2) is 48.5 Å². The Morgan fingerprint density at radius 3 is 2.46 bits per heavy atom. The summed E-state index contributed by atoms with van der Waals surface area (Å²) in [5.74, 6) is -1.93. The van der Waals surface area contributed by atoms with Crippen molar-refractivity contribution in [2.45, 2.75) is 13.0 Å². The molecule has 0 saturated carbocycles. The van der Waals surface area contributed by atoms with Gasteiger partial charge < -0.3 is 10.1 Å². The van der Waals surface area contributed by atoms with E-state index in [4.69, 9.17) is 16.3 Å². The van der Waals surface area contributed by atoms with Crippen LogP contribution in [0.3, 0.4) is 0 Å². The van der Waals surface area contributed by atoms with Crippen LogP contribution in [0.25, 0.3) is 0 Å². The molecule has 3 amide bonds. The van der Waals surface area contributed by atoms with Gasteiger partial charge in [-0.3, -0.25) is 20.2 Å². The van der Waals surface area contributed by atoms with Crippen molar-refractivity contribution < 1.29 is 24.0 Å². The van der Waals surface area contributed by atoms with Crippen molar-refractivity contribution in [1.29, 1.82) is 0 Å². The fourth-order valence-electron chi connectivity index (χ4n) is 2.24. The van der Waals surface area contributed by atoms with Gasteiger partial charge >= 0.3 is 12.0 Å². The number of carbonyl (C=O) groups excluding carboxylic acids is 3. The molecule has 0 aromatic heterocycles. The van der Waals surface area contributed by atoms with Gasteiger partial charge in [-0.1, -0.05) is 41.9 Å². The number of nitrogens with zero attached hydrogens (tertiary/aromatic N) is 1. The number of nitrogens with one attached hydrogen (secondary N) is 2. The lowest BCUT2D eigenvalue weighted by molar-refractivity contribution is -0.384. The molecule has 0 fully saturated rings. The summed E-state index contributed by atoms with van der Waals surface area (Å²) in [5, 5.41) is 15.3. The minimum Gasteiger partial charge on any atom is -0.444 e. The molecule has 0 bridgehead atoms. The summed E-state index contributed by atoms with van der Waals surface area (Å²) >= 11 is 5.94. The normalized spacial score (nSPS) is 11.2. The zero-order chi connectivity index (χ0) is 20.7. The molecule has 0 heterocycles. The second-order valence-corrected chi connectivity index (χ2v) is 5.87. The molecule has 0 aliphatic heterocycles. The third kappa shape index (κ3) is 5.27. The number of benzene rings is 2. The summed E-state index contributed by atoms with van der Waals surface area (Å²) in [6.45, 7) is 1.96. The molecule has 2 aromatic rings. The van der Waals surface area contributed by atoms with E-state index in [9.17, 15) is 24.5 Å². The zero-order valence-electron chi connectivity index (χ0n) is 14.7. The highest BCUT2D eigenvalue weighted by atomic mass is 35.5. The molecule has 1 atom stereocenters. The summed E-state index contributed by atoms with van der Waals surface area (Å²) < 4.78 is 5.24. The Balaban J connectivity index is 2.31. The average Bonchev–Trinajstić information content (AvgIpc) is 2.66. The molecule has 0 spiro atoms. The monoisotopic (exact) mass is 405 g/mol. The Labute approximate surface area is 164 Å². The maximum absolute atomic E-state index is 12.5. The van der Waals surface area contributed by atoms with Gasteiger partial charge in [0.1, 0.15) is 0 Å². The van der Waals surface area contributed by atoms with E-state index in [0.717, 1.165) is 12.1 Å². The SMILES string of the molecule is CCNC(=O)NC(=O)[C@H](OC(=O)c1cc([N+](=O)[O-])ccc1Cl)c1ccccc1. The molecule has 0 radical (unpaired) electrons. The van der Waals surface area contributed by atoms with Crippen LogP contribution < -0.4 is 10.6 Å². The Kier molecular flexibility index (Phi) is 7.05. The Hall–Kier alpha value is -3.46. The van der Waals surface area contributed by atoms with Gasteiger partial charge in [0.2, 0.25) is 6.10 Å². The van der Waals surface area contributed by atoms with Crippen molar-refractivity contribution in [3.63, 3.8) is 0 Å². The lowest BCUT2D eigenvalue weighted by Crippen LogP contribution is -2.42. The number of nitro benzene ring substituents is 1. The minimum absolute atomic E-state index is 0.0773. The zero-order valence-corrected chi connectivity index (χ0v) is 15.4. The number of imide groups is 1. The highest BCUT2D eigenvalue weighted by Gasteiger charge is 2.28. The molecule has 0 aliphatic rings. The third-order valence-corrected chi connectivity index (χ3v) is 3.85. The number of urea groups is 1. The predicted molar refractivity (Wildman–Crippen MR) is 99.9 cm³/mol. The predicted octanol–water partition coefficient (Wildman–Crippen LogP) is 2.99. The maximum atomic E-state index is 12.5. The van der Waals surface area contributed by atoms with Crippen LogP contribution in [-0.2, 0) is 9.53 Å². The van der Waals surface area contributed by atoms with E-state index in [1.54, 1.807) is 25.1 Å². The summed E-state index contributed by atoms with van der Waals surface area (Å²) in [6.07, 6.45) is -1.47. The lowest BCUT2D eigenvalue weighted by Gasteiger charge is -2.18. The fourth-order valence-corrected chi connectivity index (χ4v) is 2.43. The topological polar surface area (TPSA) is 128 Å². The number of carbonyl (C=O) groups is 3. The van der Waals surface area contributed by atoms with Gasteiger partial charge in [-0.15, -0.1) is 0 Å². The van der Waals surface area contributed by atoms with Gasteiger partial charge in [-0.2, -0.15) is 0 Å². The van der Waals surface area contributed by atoms with Crippen molar-refractivity contribution in [2.75, 3.05) is 6.54 Å². The molecule has 9 nitrogen and oxygen atoms in total. The van der Waals surface area contributed by atoms with E-state index < -0.39 is 28.9 Å². The highest BCUT2D eigenvalue weighted by molar-refractivity contribution is 6.33. The van der Waals surface area contributed by atoms with Crippen molar-refractivity contribution in [3.05, 3.63) is 74.8 Å². The number of hydrogen-bond donors (Lipinski definition) is 2. The van der Waals surface area contributed by atoms with Gasteiger partial charge in [0.05, 0.1) is 15.5 Å². The molecule has 2 N–H and O–H groups in total. The Bertz CT molecular complexity index is 903. The van der Waals surface area contributed by atoms with Gasteiger partial charge in [-0.25, -0.2) is 9.59 Å². The number of nitro groups is 1. The van der Waals surface area contributed by atoms with Crippen molar-refractivity contribution in [1.82, 2.24) is 10.6 Å². The van der Waals surface area contributed by atoms with E-state index in [-0.39, 0.29) is 22.8 Å². The fraction of sp³-hybridized carbons (Fsp3) is 0.167. The number of hydrogen-bond acceptors (Lipinski definition) is 6. The number of non-ortho nitro benzene ring substituents is 1. The second-order valence-electron chi connectivity index (χ2n) is 5.47. The van der Waals surface area contributed by atoms with Crippen LogP contribution in [0.4, 0.5) is 10.5 Å². The van der Waals surface area contributed by atoms with E-state index >= 15 is 0 Å². The standard InChI is InChI=1S/C18H16ClN3O6/c1-2-20-18(25)21-16(23)15(11-6-4-3-5-7-11)28-17(24)13-10-12(22(26)27)8-9-14(13)19/h3-10,15H,2H2,1H3,(H2,20,21,23,25)/t15-/m1/s1. The molecule has 28 heavy (non-hydrogen) atoms. The Morgan fingerprint density at radius 1 is 1.18 bits per heavy atom. The lowest BCUT2D eigenvalue weighted by atomic mass is 10.1. The van der Waals surface area contributed by atoms with Gasteiger partial charge in [-0.05, 0) is 13.0 Å². The minimum atomic E-state index is -1.47. The van der Waals surface area contributed by atoms with Crippen LogP contribution in [0.2, 0.25) is 5.02 Å². The van der Waals surface area contributed by atoms with E-state index in [0.29, 0.717) is 5.56 Å². The second kappa shape index (κ2) is 9.47. The molecule has 2 rings (SSSR count). The number of rotatable bonds is 6. The molecular formula is C18H16ClN3O6. The van der Waals surface area contributed by atoms with Crippen molar-refractivity contribution in [3.8, 4) is 0 Å². The molecule has 2 aromatic carbocycles. The Morgan fingerprint density at radius 2 is 1.86 bits per heavy atom. The van der Waals surface area contributed by atoms with Gasteiger partial charge in [0, 0.05) is 24.2 Å². The molecule has 0 saturated heterocycles. The van der Waals surface area contributed by atoms with E-state index in [2.05, 4.69) is 10.6 Å². The van der Waals surface area contributed by atoms with Crippen LogP contribution in [0, 0.1) is 10.1 Å². The third-order valence-electron chi connectivity index (χ3n) is 3.52. The molecule has 10 heteroatoms. The first-order valence-corrected chi connectivity index (χ1v) is 8.49. The molecular weight excluding hydrogens is 390 g/mol. The molecule has 0 aliphatic carbocycles. The van der Waals surface area contributed by atoms with Crippen molar-refractivity contribution >= 4 is 35.2 Å². The quantitative estimate of drug-likeness (QED) is 0.432.